The van der Waals surface area contributed by atoms with E-state index in [4.69, 9.17) is 0 Å². The fraction of sp³-hybridized carbons (Fsp3) is 0.100. The summed E-state index contributed by atoms with van der Waals surface area (Å²) in [6, 6.07) is 22.7. The minimum Gasteiger partial charge on any atom is -0.505 e. The number of benzene rings is 4. The van der Waals surface area contributed by atoms with Gasteiger partial charge in [0.1, 0.15) is 18.7 Å². The van der Waals surface area contributed by atoms with Gasteiger partial charge in [0, 0.05) is 22.4 Å². The van der Waals surface area contributed by atoms with E-state index in [1.54, 1.807) is 66.7 Å². The second kappa shape index (κ2) is 9.70. The number of alkyl halides is 1. The van der Waals surface area contributed by atoms with Gasteiger partial charge in [-0.2, -0.15) is 5.10 Å². The van der Waals surface area contributed by atoms with Crippen LogP contribution in [0.15, 0.2) is 84.0 Å². The molecule has 6 nitrogen and oxygen atoms in total. The first-order valence-electron chi connectivity index (χ1n) is 11.7. The molecule has 0 aromatic heterocycles. The molecule has 0 unspecified atom stereocenters. The second-order valence-corrected chi connectivity index (χ2v) is 8.94. The van der Waals surface area contributed by atoms with Crippen molar-refractivity contribution in [3.63, 3.8) is 0 Å². The summed E-state index contributed by atoms with van der Waals surface area (Å²) < 4.78 is 13.4. The van der Waals surface area contributed by atoms with E-state index in [0.29, 0.717) is 44.9 Å². The van der Waals surface area contributed by atoms with E-state index in [2.05, 4.69) is 10.5 Å². The lowest BCUT2D eigenvalue weighted by Crippen LogP contribution is -2.26. The molecule has 0 radical (unpaired) electrons. The van der Waals surface area contributed by atoms with Crippen molar-refractivity contribution >= 4 is 35.0 Å². The maximum atomic E-state index is 13.7. The molecule has 0 aliphatic carbocycles. The van der Waals surface area contributed by atoms with Crippen LogP contribution in [0.2, 0.25) is 0 Å². The number of halogens is 1. The van der Waals surface area contributed by atoms with Crippen LogP contribution >= 0.6 is 0 Å². The summed E-state index contributed by atoms with van der Waals surface area (Å²) in [6.07, 6.45) is 0.747. The van der Waals surface area contributed by atoms with Crippen LogP contribution in [0, 0.1) is 13.8 Å². The van der Waals surface area contributed by atoms with Gasteiger partial charge < -0.3 is 5.11 Å². The minimum atomic E-state index is -0.635. The number of carbonyl (C=O) groups is 2. The Hall–Kier alpha value is -4.78. The molecule has 0 saturated heterocycles. The number of hydrazone groups is 1. The van der Waals surface area contributed by atoms with E-state index in [0.717, 1.165) is 17.4 Å². The van der Waals surface area contributed by atoms with E-state index in [-0.39, 0.29) is 17.4 Å². The third-order valence-corrected chi connectivity index (χ3v) is 6.32. The van der Waals surface area contributed by atoms with Gasteiger partial charge >= 0.3 is 0 Å². The van der Waals surface area contributed by atoms with Gasteiger partial charge in [-0.15, -0.1) is 0 Å². The number of hydrogen-bond acceptors (Lipinski definition) is 5. The Morgan fingerprint density at radius 3 is 2.57 bits per heavy atom. The predicted octanol–water partition coefficient (Wildman–Crippen LogP) is 6.45. The van der Waals surface area contributed by atoms with Crippen molar-refractivity contribution in [1.29, 1.82) is 0 Å². The number of para-hydroxylation sites is 1. The van der Waals surface area contributed by atoms with Crippen LogP contribution in [-0.2, 0) is 11.5 Å². The van der Waals surface area contributed by atoms with Crippen molar-refractivity contribution in [3.05, 3.63) is 107 Å². The molecule has 2 N–H and O–H groups in total. The van der Waals surface area contributed by atoms with Crippen LogP contribution in [0.5, 0.6) is 5.75 Å². The van der Waals surface area contributed by atoms with Crippen LogP contribution in [0.25, 0.3) is 11.1 Å². The van der Waals surface area contributed by atoms with Crippen LogP contribution < -0.4 is 10.3 Å². The summed E-state index contributed by atoms with van der Waals surface area (Å²) >= 11 is 0. The van der Waals surface area contributed by atoms with Gasteiger partial charge in [0.25, 0.3) is 5.91 Å². The molecule has 1 aliphatic rings. The molecule has 0 fully saturated rings. The number of carbonyl (C=O) groups excluding carboxylic acids is 2. The monoisotopic (exact) mass is 493 g/mol. The number of fused-ring (bicyclic) bond motifs is 1. The molecule has 1 aliphatic heterocycles. The van der Waals surface area contributed by atoms with E-state index in [1.165, 1.54) is 4.90 Å². The molecule has 1 amide bonds. The highest BCUT2D eigenvalue weighted by atomic mass is 19.1. The van der Waals surface area contributed by atoms with Gasteiger partial charge in [0.15, 0.2) is 5.71 Å². The topological polar surface area (TPSA) is 82.0 Å². The molecule has 0 atom stereocenters. The number of anilines is 3. The zero-order chi connectivity index (χ0) is 26.1. The van der Waals surface area contributed by atoms with Gasteiger partial charge in [-0.25, -0.2) is 4.39 Å². The van der Waals surface area contributed by atoms with Crippen molar-refractivity contribution in [2.24, 2.45) is 5.10 Å². The first-order valence-corrected chi connectivity index (χ1v) is 11.7. The van der Waals surface area contributed by atoms with Gasteiger partial charge in [-0.3, -0.25) is 19.9 Å². The van der Waals surface area contributed by atoms with Crippen molar-refractivity contribution in [2.75, 3.05) is 10.3 Å². The Morgan fingerprint density at radius 1 is 1.00 bits per heavy atom. The van der Waals surface area contributed by atoms with Gasteiger partial charge in [-0.05, 0) is 66.4 Å². The van der Waals surface area contributed by atoms with E-state index in [1.807, 2.05) is 26.0 Å². The smallest absolute Gasteiger partial charge is 0.283 e. The Bertz CT molecular complexity index is 1580. The third kappa shape index (κ3) is 4.36. The molecule has 4 aromatic carbocycles. The number of nitrogens with one attached hydrogen (secondary N) is 1. The number of hydrogen-bond donors (Lipinski definition) is 2. The van der Waals surface area contributed by atoms with Crippen LogP contribution in [0.3, 0.4) is 0 Å². The number of rotatable bonds is 6. The Balaban J connectivity index is 1.56. The lowest BCUT2D eigenvalue weighted by Gasteiger charge is -2.18. The lowest BCUT2D eigenvalue weighted by molar-refractivity contribution is -0.111. The number of phenols is 1. The maximum absolute atomic E-state index is 13.7. The summed E-state index contributed by atoms with van der Waals surface area (Å²) in [5.41, 5.74) is 9.25. The number of amides is 1. The van der Waals surface area contributed by atoms with Gasteiger partial charge in [-0.1, -0.05) is 48.5 Å². The number of aryl methyl sites for hydroxylation is 2. The van der Waals surface area contributed by atoms with Gasteiger partial charge in [0.2, 0.25) is 0 Å². The molecule has 4 aromatic rings. The van der Waals surface area contributed by atoms with Crippen LogP contribution in [0.4, 0.5) is 21.5 Å². The van der Waals surface area contributed by atoms with Crippen LogP contribution in [0.1, 0.15) is 32.6 Å². The van der Waals surface area contributed by atoms with E-state index >= 15 is 0 Å². The zero-order valence-corrected chi connectivity index (χ0v) is 20.3. The third-order valence-electron chi connectivity index (χ3n) is 6.32. The first kappa shape index (κ1) is 23.9. The average molecular weight is 494 g/mol. The summed E-state index contributed by atoms with van der Waals surface area (Å²) in [6.45, 7) is 3.22. The van der Waals surface area contributed by atoms with Crippen molar-refractivity contribution in [3.8, 4) is 16.9 Å². The standard InChI is InChI=1S/C30H24FN3O3/c1-18-12-19(2)27-26(13-18)34(23-9-4-6-20(15-23)16-31)30(37)28(27)33-32-25-11-5-10-24(29(25)36)22-8-3-7-21(14-22)17-35/h3-15,17,32,36H,16H2,1-2H3/b33-28-. The molecule has 0 saturated carbocycles. The van der Waals surface area contributed by atoms with Gasteiger partial charge in [0.05, 0.1) is 11.4 Å². The molecule has 184 valence electrons. The molecule has 1 heterocycles. The van der Waals surface area contributed by atoms with Crippen molar-refractivity contribution < 1.29 is 19.1 Å². The molecule has 0 spiro atoms. The Morgan fingerprint density at radius 2 is 1.78 bits per heavy atom. The van der Waals surface area contributed by atoms with E-state index < -0.39 is 6.67 Å². The highest BCUT2D eigenvalue weighted by Gasteiger charge is 2.37. The molecule has 7 heteroatoms. The SMILES string of the molecule is Cc1cc(C)c2c(c1)N(c1cccc(CF)c1)C(=O)/C2=N\Nc1cccc(-c2cccc(C=O)c2)c1O. The Labute approximate surface area is 213 Å². The highest BCUT2D eigenvalue weighted by Crippen LogP contribution is 2.40. The van der Waals surface area contributed by atoms with Crippen LogP contribution in [-0.4, -0.2) is 23.0 Å². The molecular weight excluding hydrogens is 469 g/mol. The fourth-order valence-electron chi connectivity index (χ4n) is 4.65. The van der Waals surface area contributed by atoms with Crippen molar-refractivity contribution in [2.45, 2.75) is 20.5 Å². The molecular formula is C30H24FN3O3. The molecule has 0 bridgehead atoms. The van der Waals surface area contributed by atoms with E-state index in [9.17, 15) is 19.1 Å². The first-order chi connectivity index (χ1) is 17.9. The summed E-state index contributed by atoms with van der Waals surface area (Å²) in [7, 11) is 0. The average Bonchev–Trinajstić information content (AvgIpc) is 3.19. The number of nitrogens with zero attached hydrogens (tertiary/aromatic N) is 2. The minimum absolute atomic E-state index is 0.0614. The number of phenolic OH excluding ortho intramolecular Hbond substituents is 1. The summed E-state index contributed by atoms with van der Waals surface area (Å²) in [5.74, 6) is -0.421. The zero-order valence-electron chi connectivity index (χ0n) is 20.3. The largest absolute Gasteiger partial charge is 0.505 e. The lowest BCUT2D eigenvalue weighted by atomic mass is 10.0. The summed E-state index contributed by atoms with van der Waals surface area (Å²) in [4.78, 5) is 26.4. The normalized spacial score (nSPS) is 13.6. The predicted molar refractivity (Wildman–Crippen MR) is 143 cm³/mol. The molecule has 37 heavy (non-hydrogen) atoms. The Kier molecular flexibility index (Phi) is 6.27. The number of aldehydes is 1. The second-order valence-electron chi connectivity index (χ2n) is 8.94. The quantitative estimate of drug-likeness (QED) is 0.184. The fourth-order valence-corrected chi connectivity index (χ4v) is 4.65. The number of aromatic hydroxyl groups is 1. The highest BCUT2D eigenvalue weighted by molar-refractivity contribution is 6.56. The maximum Gasteiger partial charge on any atom is 0.283 e. The van der Waals surface area contributed by atoms with Crippen molar-refractivity contribution in [1.82, 2.24) is 0 Å². The molecule has 5 rings (SSSR count). The summed E-state index contributed by atoms with van der Waals surface area (Å²) in [5, 5.41) is 15.4.